The average Bonchev–Trinajstić information content (AvgIpc) is 3.24. The lowest BCUT2D eigenvalue weighted by atomic mass is 10.1. The number of nitrogens with one attached hydrogen (secondary N) is 1. The van der Waals surface area contributed by atoms with Gasteiger partial charge in [-0.2, -0.15) is 4.68 Å². The maximum atomic E-state index is 12.9. The van der Waals surface area contributed by atoms with E-state index in [2.05, 4.69) is 20.5 Å². The van der Waals surface area contributed by atoms with Gasteiger partial charge in [0.1, 0.15) is 0 Å². The highest BCUT2D eigenvalue weighted by Crippen LogP contribution is 2.24. The van der Waals surface area contributed by atoms with Gasteiger partial charge in [-0.3, -0.25) is 4.79 Å². The van der Waals surface area contributed by atoms with Crippen molar-refractivity contribution in [3.05, 3.63) is 52.3 Å². The number of Topliss-reactive ketones (excluding diaryl/α,β-unsaturated/α-hetero) is 1. The summed E-state index contributed by atoms with van der Waals surface area (Å²) >= 11 is 1.22. The van der Waals surface area contributed by atoms with E-state index in [1.165, 1.54) is 11.8 Å². The molecule has 3 aromatic rings. The molecule has 9 heteroatoms. The van der Waals surface area contributed by atoms with Gasteiger partial charge in [-0.1, -0.05) is 29.5 Å². The zero-order valence-electron chi connectivity index (χ0n) is 16.1. The fourth-order valence-electron chi connectivity index (χ4n) is 2.91. The van der Waals surface area contributed by atoms with Crippen LogP contribution >= 0.6 is 11.8 Å². The van der Waals surface area contributed by atoms with Crippen LogP contribution in [0.15, 0.2) is 29.4 Å². The van der Waals surface area contributed by atoms with Crippen LogP contribution in [0.4, 0.5) is 0 Å². The molecule has 0 aliphatic carbocycles. The lowest BCUT2D eigenvalue weighted by Gasteiger charge is -2.06. The van der Waals surface area contributed by atoms with Crippen molar-refractivity contribution in [2.24, 2.45) is 0 Å². The van der Waals surface area contributed by atoms with Gasteiger partial charge in [0.15, 0.2) is 5.78 Å². The number of ether oxygens (including phenoxy) is 1. The molecule has 0 bridgehead atoms. The number of rotatable bonds is 7. The van der Waals surface area contributed by atoms with Crippen molar-refractivity contribution < 1.29 is 14.3 Å². The van der Waals surface area contributed by atoms with Crippen molar-refractivity contribution in [2.75, 3.05) is 12.4 Å². The molecule has 0 fully saturated rings. The van der Waals surface area contributed by atoms with Crippen molar-refractivity contribution in [1.29, 1.82) is 0 Å². The van der Waals surface area contributed by atoms with E-state index in [1.807, 2.05) is 31.2 Å². The van der Waals surface area contributed by atoms with E-state index >= 15 is 0 Å². The zero-order chi connectivity index (χ0) is 20.3. The molecule has 2 heterocycles. The molecule has 8 nitrogen and oxygen atoms in total. The number of benzene rings is 1. The Kier molecular flexibility index (Phi) is 5.93. The monoisotopic (exact) mass is 399 g/mol. The minimum atomic E-state index is -0.498. The number of tetrazole rings is 1. The van der Waals surface area contributed by atoms with Crippen LogP contribution in [0.1, 0.15) is 44.6 Å². The van der Waals surface area contributed by atoms with Gasteiger partial charge < -0.3 is 9.72 Å². The Morgan fingerprint density at radius 3 is 2.46 bits per heavy atom. The minimum absolute atomic E-state index is 0.0940. The summed E-state index contributed by atoms with van der Waals surface area (Å²) < 4.78 is 6.68. The van der Waals surface area contributed by atoms with Crippen LogP contribution in [-0.4, -0.2) is 49.3 Å². The number of aryl methyl sites for hydroxylation is 3. The Morgan fingerprint density at radius 2 is 1.79 bits per heavy atom. The summed E-state index contributed by atoms with van der Waals surface area (Å²) in [5.74, 6) is -0.591. The van der Waals surface area contributed by atoms with Gasteiger partial charge in [0.05, 0.1) is 29.2 Å². The first-order valence-corrected chi connectivity index (χ1v) is 9.78. The van der Waals surface area contributed by atoms with Gasteiger partial charge in [0.25, 0.3) is 0 Å². The Hall–Kier alpha value is -2.94. The van der Waals surface area contributed by atoms with Crippen LogP contribution in [0.5, 0.6) is 0 Å². The second-order valence-electron chi connectivity index (χ2n) is 6.27. The summed E-state index contributed by atoms with van der Waals surface area (Å²) in [6.45, 7) is 7.50. The van der Waals surface area contributed by atoms with Crippen molar-refractivity contribution in [3.8, 4) is 5.69 Å². The number of ketones is 1. The molecule has 1 aromatic carbocycles. The minimum Gasteiger partial charge on any atom is -0.462 e. The third kappa shape index (κ3) is 3.99. The van der Waals surface area contributed by atoms with E-state index in [4.69, 9.17) is 4.74 Å². The largest absolute Gasteiger partial charge is 0.462 e. The average molecular weight is 399 g/mol. The number of carbonyl (C=O) groups excluding carboxylic acids is 2. The highest BCUT2D eigenvalue weighted by molar-refractivity contribution is 7.99. The summed E-state index contributed by atoms with van der Waals surface area (Å²) in [7, 11) is 0. The third-order valence-electron chi connectivity index (χ3n) is 4.19. The summed E-state index contributed by atoms with van der Waals surface area (Å²) in [5, 5.41) is 12.2. The lowest BCUT2D eigenvalue weighted by molar-refractivity contribution is 0.0522. The Bertz CT molecular complexity index is 1010. The predicted octanol–water partition coefficient (Wildman–Crippen LogP) is 3.07. The van der Waals surface area contributed by atoms with Crippen molar-refractivity contribution in [3.63, 3.8) is 0 Å². The Balaban J connectivity index is 1.80. The van der Waals surface area contributed by atoms with Crippen molar-refractivity contribution in [2.45, 2.75) is 32.9 Å². The molecule has 146 valence electrons. The number of esters is 1. The molecule has 3 rings (SSSR count). The Labute approximate surface area is 166 Å². The summed E-state index contributed by atoms with van der Waals surface area (Å²) in [6.07, 6.45) is 0. The maximum Gasteiger partial charge on any atom is 0.340 e. The lowest BCUT2D eigenvalue weighted by Crippen LogP contribution is -2.13. The topological polar surface area (TPSA) is 103 Å². The molecule has 0 amide bonds. The number of hydrogen-bond acceptors (Lipinski definition) is 7. The number of nitrogens with zero attached hydrogens (tertiary/aromatic N) is 4. The van der Waals surface area contributed by atoms with Gasteiger partial charge in [0.2, 0.25) is 5.16 Å². The molecular weight excluding hydrogens is 378 g/mol. The summed E-state index contributed by atoms with van der Waals surface area (Å²) in [4.78, 5) is 28.2. The fraction of sp³-hybridized carbons (Fsp3) is 0.316. The molecular formula is C19H21N5O3S. The van der Waals surface area contributed by atoms with Crippen molar-refractivity contribution in [1.82, 2.24) is 25.2 Å². The fourth-order valence-corrected chi connectivity index (χ4v) is 3.67. The van der Waals surface area contributed by atoms with E-state index in [0.29, 0.717) is 27.7 Å². The van der Waals surface area contributed by atoms with E-state index in [9.17, 15) is 9.59 Å². The van der Waals surface area contributed by atoms with Crippen molar-refractivity contribution >= 4 is 23.5 Å². The second-order valence-corrected chi connectivity index (χ2v) is 7.21. The van der Waals surface area contributed by atoms with Crippen LogP contribution in [-0.2, 0) is 4.74 Å². The normalized spacial score (nSPS) is 10.9. The molecule has 0 radical (unpaired) electrons. The van der Waals surface area contributed by atoms with Crippen LogP contribution in [0.3, 0.4) is 0 Å². The van der Waals surface area contributed by atoms with Crippen LogP contribution in [0.25, 0.3) is 5.69 Å². The number of H-pyrrole nitrogens is 1. The molecule has 0 spiro atoms. The van der Waals surface area contributed by atoms with Crippen LogP contribution in [0.2, 0.25) is 0 Å². The maximum absolute atomic E-state index is 12.9. The quantitative estimate of drug-likeness (QED) is 0.370. The standard InChI is InChI=1S/C19H21N5O3S/c1-5-27-18(26)17-13(4)20-12(3)16(17)15(25)10-28-19-21-22-23-24(19)14-8-6-11(2)7-9-14/h6-9,20H,5,10H2,1-4H3. The molecule has 1 N–H and O–H groups in total. The van der Waals surface area contributed by atoms with Crippen LogP contribution < -0.4 is 0 Å². The zero-order valence-corrected chi connectivity index (χ0v) is 17.0. The predicted molar refractivity (Wildman–Crippen MR) is 105 cm³/mol. The highest BCUT2D eigenvalue weighted by atomic mass is 32.2. The molecule has 0 unspecified atom stereocenters. The number of thioether (sulfide) groups is 1. The van der Waals surface area contributed by atoms with Gasteiger partial charge in [-0.05, 0) is 50.3 Å². The number of carbonyl (C=O) groups is 2. The van der Waals surface area contributed by atoms with Crippen LogP contribution in [0, 0.1) is 20.8 Å². The molecule has 0 saturated heterocycles. The third-order valence-corrected chi connectivity index (χ3v) is 5.10. The first-order valence-electron chi connectivity index (χ1n) is 8.80. The Morgan fingerprint density at radius 1 is 1.11 bits per heavy atom. The molecule has 0 aliphatic rings. The summed E-state index contributed by atoms with van der Waals surface area (Å²) in [6, 6.07) is 7.76. The van der Waals surface area contributed by atoms with Gasteiger partial charge >= 0.3 is 5.97 Å². The number of hydrogen-bond donors (Lipinski definition) is 1. The van der Waals surface area contributed by atoms with Gasteiger partial charge in [-0.15, -0.1) is 5.10 Å². The SMILES string of the molecule is CCOC(=O)c1c(C)[nH]c(C)c1C(=O)CSc1nnnn1-c1ccc(C)cc1. The first-order chi connectivity index (χ1) is 13.4. The first kappa shape index (κ1) is 19.8. The van der Waals surface area contributed by atoms with Gasteiger partial charge in [-0.25, -0.2) is 4.79 Å². The molecule has 2 aromatic heterocycles. The molecule has 0 atom stereocenters. The molecule has 0 saturated carbocycles. The number of aromatic nitrogens is 5. The van der Waals surface area contributed by atoms with E-state index in [1.54, 1.807) is 25.5 Å². The van der Waals surface area contributed by atoms with E-state index in [-0.39, 0.29) is 18.1 Å². The molecule has 0 aliphatic heterocycles. The number of aromatic amines is 1. The second kappa shape index (κ2) is 8.39. The van der Waals surface area contributed by atoms with Gasteiger partial charge in [0, 0.05) is 11.4 Å². The highest BCUT2D eigenvalue weighted by Gasteiger charge is 2.25. The summed E-state index contributed by atoms with van der Waals surface area (Å²) in [5.41, 5.74) is 3.86. The smallest absolute Gasteiger partial charge is 0.340 e. The van der Waals surface area contributed by atoms with E-state index in [0.717, 1.165) is 11.3 Å². The molecule has 28 heavy (non-hydrogen) atoms. The van der Waals surface area contributed by atoms with E-state index < -0.39 is 5.97 Å².